The first-order chi connectivity index (χ1) is 7.65. The second kappa shape index (κ2) is 6.69. The predicted molar refractivity (Wildman–Crippen MR) is 68.4 cm³/mol. The Morgan fingerprint density at radius 3 is 2.75 bits per heavy atom. The number of ether oxygens (including phenoxy) is 1. The Hall–Kier alpha value is -0.830. The highest BCUT2D eigenvalue weighted by Crippen LogP contribution is 2.26. The molecule has 0 bridgehead atoms. The summed E-state index contributed by atoms with van der Waals surface area (Å²) in [5.74, 6) is 0.0602. The van der Waals surface area contributed by atoms with Crippen LogP contribution in [0, 0.1) is 0 Å². The molecule has 2 nitrogen and oxygen atoms in total. The lowest BCUT2D eigenvalue weighted by Gasteiger charge is -2.12. The highest BCUT2D eigenvalue weighted by Gasteiger charge is 2.14. The summed E-state index contributed by atoms with van der Waals surface area (Å²) in [6, 6.07) is 7.97. The van der Waals surface area contributed by atoms with Crippen molar-refractivity contribution in [3.63, 3.8) is 0 Å². The van der Waals surface area contributed by atoms with Gasteiger partial charge in [0.05, 0.1) is 13.0 Å². The van der Waals surface area contributed by atoms with Crippen molar-refractivity contribution in [2.24, 2.45) is 0 Å². The molecule has 1 rings (SSSR count). The zero-order valence-electron chi connectivity index (χ0n) is 9.70. The van der Waals surface area contributed by atoms with Gasteiger partial charge in [-0.3, -0.25) is 4.79 Å². The summed E-state index contributed by atoms with van der Waals surface area (Å²) in [5.41, 5.74) is 1.15. The smallest absolute Gasteiger partial charge is 0.306 e. The normalized spacial score (nSPS) is 12.2. The molecule has 1 atom stereocenters. The van der Waals surface area contributed by atoms with Crippen LogP contribution in [0.5, 0.6) is 0 Å². The van der Waals surface area contributed by atoms with Gasteiger partial charge < -0.3 is 4.74 Å². The number of rotatable bonds is 5. The first kappa shape index (κ1) is 13.2. The lowest BCUT2D eigenvalue weighted by atomic mass is 9.98. The lowest BCUT2D eigenvalue weighted by Crippen LogP contribution is -2.09. The minimum Gasteiger partial charge on any atom is -0.466 e. The van der Waals surface area contributed by atoms with Crippen LogP contribution in [-0.2, 0) is 9.53 Å². The Labute approximate surface area is 105 Å². The zero-order chi connectivity index (χ0) is 12.0. The molecule has 0 N–H and O–H groups in total. The molecule has 0 aliphatic heterocycles. The van der Waals surface area contributed by atoms with Gasteiger partial charge in [0.1, 0.15) is 0 Å². The molecule has 0 aliphatic carbocycles. The third-order valence-electron chi connectivity index (χ3n) is 2.38. The van der Waals surface area contributed by atoms with E-state index in [1.165, 1.54) is 0 Å². The lowest BCUT2D eigenvalue weighted by molar-refractivity contribution is -0.144. The first-order valence-electron chi connectivity index (χ1n) is 5.55. The standard InChI is InChI=1S/C13H17BrO2/c1-3-8-16-13(15)9-10(2)11-6-4-5-7-12(11)14/h4-7,10H,3,8-9H2,1-2H3/t10-/m1/s1. The molecule has 0 saturated heterocycles. The van der Waals surface area contributed by atoms with E-state index in [-0.39, 0.29) is 11.9 Å². The fourth-order valence-electron chi connectivity index (χ4n) is 1.51. The van der Waals surface area contributed by atoms with Gasteiger partial charge in [-0.15, -0.1) is 0 Å². The summed E-state index contributed by atoms with van der Waals surface area (Å²) in [6.07, 6.45) is 1.30. The van der Waals surface area contributed by atoms with Crippen molar-refractivity contribution < 1.29 is 9.53 Å². The molecule has 3 heteroatoms. The predicted octanol–water partition coefficient (Wildman–Crippen LogP) is 3.90. The van der Waals surface area contributed by atoms with Crippen molar-refractivity contribution in [1.29, 1.82) is 0 Å². The van der Waals surface area contributed by atoms with Gasteiger partial charge in [0.2, 0.25) is 0 Å². The Morgan fingerprint density at radius 2 is 2.12 bits per heavy atom. The summed E-state index contributed by atoms with van der Waals surface area (Å²) in [6.45, 7) is 4.54. The average molecular weight is 285 g/mol. The monoisotopic (exact) mass is 284 g/mol. The molecule has 88 valence electrons. The molecule has 0 amide bonds. The number of halogens is 1. The van der Waals surface area contributed by atoms with Crippen molar-refractivity contribution >= 4 is 21.9 Å². The topological polar surface area (TPSA) is 26.3 Å². The van der Waals surface area contributed by atoms with Gasteiger partial charge >= 0.3 is 5.97 Å². The quantitative estimate of drug-likeness (QED) is 0.767. The van der Waals surface area contributed by atoms with E-state index in [0.29, 0.717) is 13.0 Å². The number of esters is 1. The van der Waals surface area contributed by atoms with E-state index in [1.807, 2.05) is 38.1 Å². The maximum absolute atomic E-state index is 11.5. The Balaban J connectivity index is 2.55. The summed E-state index contributed by atoms with van der Waals surface area (Å²) < 4.78 is 6.12. The third-order valence-corrected chi connectivity index (χ3v) is 3.10. The molecule has 16 heavy (non-hydrogen) atoms. The van der Waals surface area contributed by atoms with Gasteiger partial charge in [-0.25, -0.2) is 0 Å². The number of benzene rings is 1. The van der Waals surface area contributed by atoms with Gasteiger partial charge in [-0.1, -0.05) is 48.0 Å². The minimum atomic E-state index is -0.120. The second-order valence-corrected chi connectivity index (χ2v) is 4.70. The molecule has 1 aromatic carbocycles. The van der Waals surface area contributed by atoms with Gasteiger partial charge in [-0.05, 0) is 24.0 Å². The van der Waals surface area contributed by atoms with E-state index in [2.05, 4.69) is 15.9 Å². The summed E-state index contributed by atoms with van der Waals surface area (Å²) in [5, 5.41) is 0. The zero-order valence-corrected chi connectivity index (χ0v) is 11.3. The van der Waals surface area contributed by atoms with Crippen LogP contribution >= 0.6 is 15.9 Å². The SMILES string of the molecule is CCCOC(=O)C[C@@H](C)c1ccccc1Br. The molecule has 0 saturated carbocycles. The molecule has 1 aromatic rings. The average Bonchev–Trinajstić information content (AvgIpc) is 2.26. The molecular formula is C13H17BrO2. The van der Waals surface area contributed by atoms with Crippen molar-refractivity contribution in [2.75, 3.05) is 6.61 Å². The largest absolute Gasteiger partial charge is 0.466 e. The second-order valence-electron chi connectivity index (χ2n) is 3.85. The van der Waals surface area contributed by atoms with E-state index in [4.69, 9.17) is 4.74 Å². The van der Waals surface area contributed by atoms with Crippen LogP contribution in [0.3, 0.4) is 0 Å². The number of carbonyl (C=O) groups excluding carboxylic acids is 1. The van der Waals surface area contributed by atoms with Crippen LogP contribution < -0.4 is 0 Å². The van der Waals surface area contributed by atoms with Crippen molar-refractivity contribution in [3.05, 3.63) is 34.3 Å². The number of carbonyl (C=O) groups is 1. The van der Waals surface area contributed by atoms with Crippen LogP contribution in [0.4, 0.5) is 0 Å². The molecule has 0 heterocycles. The maximum Gasteiger partial charge on any atom is 0.306 e. The molecule has 0 aromatic heterocycles. The first-order valence-corrected chi connectivity index (χ1v) is 6.34. The van der Waals surface area contributed by atoms with Crippen LogP contribution in [0.2, 0.25) is 0 Å². The molecule has 0 spiro atoms. The third kappa shape index (κ3) is 3.97. The van der Waals surface area contributed by atoms with E-state index in [9.17, 15) is 4.79 Å². The Morgan fingerprint density at radius 1 is 1.44 bits per heavy atom. The molecule has 0 radical (unpaired) electrons. The van der Waals surface area contributed by atoms with Gasteiger partial charge in [0.15, 0.2) is 0 Å². The van der Waals surface area contributed by atoms with E-state index in [0.717, 1.165) is 16.5 Å². The summed E-state index contributed by atoms with van der Waals surface area (Å²) in [7, 11) is 0. The van der Waals surface area contributed by atoms with Gasteiger partial charge in [0.25, 0.3) is 0 Å². The highest BCUT2D eigenvalue weighted by atomic mass is 79.9. The maximum atomic E-state index is 11.5. The number of hydrogen-bond donors (Lipinski definition) is 0. The highest BCUT2D eigenvalue weighted by molar-refractivity contribution is 9.10. The van der Waals surface area contributed by atoms with Crippen LogP contribution in [-0.4, -0.2) is 12.6 Å². The Kier molecular flexibility index (Phi) is 5.53. The molecular weight excluding hydrogens is 268 g/mol. The minimum absolute atomic E-state index is 0.120. The fourth-order valence-corrected chi connectivity index (χ4v) is 2.19. The summed E-state index contributed by atoms with van der Waals surface area (Å²) in [4.78, 5) is 11.5. The van der Waals surface area contributed by atoms with Crippen molar-refractivity contribution in [3.8, 4) is 0 Å². The van der Waals surface area contributed by atoms with Crippen LogP contribution in [0.1, 0.15) is 38.2 Å². The Bertz CT molecular complexity index is 350. The van der Waals surface area contributed by atoms with Gasteiger partial charge in [0, 0.05) is 4.47 Å². The van der Waals surface area contributed by atoms with Crippen LogP contribution in [0.25, 0.3) is 0 Å². The van der Waals surface area contributed by atoms with E-state index >= 15 is 0 Å². The van der Waals surface area contributed by atoms with Crippen LogP contribution in [0.15, 0.2) is 28.7 Å². The van der Waals surface area contributed by atoms with E-state index < -0.39 is 0 Å². The van der Waals surface area contributed by atoms with Gasteiger partial charge in [-0.2, -0.15) is 0 Å². The molecule has 0 fully saturated rings. The fraction of sp³-hybridized carbons (Fsp3) is 0.462. The van der Waals surface area contributed by atoms with Crippen molar-refractivity contribution in [2.45, 2.75) is 32.6 Å². The molecule has 0 unspecified atom stereocenters. The molecule has 0 aliphatic rings. The van der Waals surface area contributed by atoms with Crippen molar-refractivity contribution in [1.82, 2.24) is 0 Å². The summed E-state index contributed by atoms with van der Waals surface area (Å²) >= 11 is 3.49. The number of hydrogen-bond acceptors (Lipinski definition) is 2. The van der Waals surface area contributed by atoms with E-state index in [1.54, 1.807) is 0 Å².